The molecule has 164 valence electrons. The maximum atomic E-state index is 13.0. The second-order valence-corrected chi connectivity index (χ2v) is 9.66. The predicted octanol–water partition coefficient (Wildman–Crippen LogP) is 2.54. The van der Waals surface area contributed by atoms with E-state index in [2.05, 4.69) is 45.7 Å². The van der Waals surface area contributed by atoms with Gasteiger partial charge in [-0.15, -0.1) is 0 Å². The lowest BCUT2D eigenvalue weighted by Crippen LogP contribution is -2.43. The van der Waals surface area contributed by atoms with Crippen LogP contribution >= 0.6 is 0 Å². The Kier molecular flexibility index (Phi) is 5.28. The molecule has 1 unspecified atom stereocenters. The molecule has 7 nitrogen and oxygen atoms in total. The van der Waals surface area contributed by atoms with Gasteiger partial charge in [-0.3, -0.25) is 9.59 Å². The highest BCUT2D eigenvalue weighted by atomic mass is 16.2. The molecule has 1 N–H and O–H groups in total. The molecule has 3 fully saturated rings. The van der Waals surface area contributed by atoms with E-state index in [9.17, 15) is 9.59 Å². The van der Waals surface area contributed by atoms with Crippen molar-refractivity contribution in [3.8, 4) is 0 Å². The molecule has 5 rings (SSSR count). The van der Waals surface area contributed by atoms with E-state index in [0.29, 0.717) is 0 Å². The van der Waals surface area contributed by atoms with E-state index in [4.69, 9.17) is 0 Å². The van der Waals surface area contributed by atoms with Crippen molar-refractivity contribution in [1.29, 1.82) is 0 Å². The van der Waals surface area contributed by atoms with Crippen LogP contribution in [0.15, 0.2) is 43.0 Å². The van der Waals surface area contributed by atoms with E-state index in [1.54, 1.807) is 11.0 Å². The van der Waals surface area contributed by atoms with Crippen LogP contribution in [-0.2, 0) is 21.5 Å². The van der Waals surface area contributed by atoms with Gasteiger partial charge in [0.05, 0.1) is 0 Å². The molecule has 2 aliphatic carbocycles. The summed E-state index contributed by atoms with van der Waals surface area (Å²) in [5.74, 6) is 0.395. The van der Waals surface area contributed by atoms with Gasteiger partial charge in [0.1, 0.15) is 19.2 Å². The van der Waals surface area contributed by atoms with Gasteiger partial charge in [0, 0.05) is 31.0 Å². The summed E-state index contributed by atoms with van der Waals surface area (Å²) in [6.07, 6.45) is 10.6. The Morgan fingerprint density at radius 3 is 2.48 bits per heavy atom. The van der Waals surface area contributed by atoms with Gasteiger partial charge < -0.3 is 10.2 Å². The van der Waals surface area contributed by atoms with Crippen molar-refractivity contribution in [2.24, 2.45) is 11.3 Å². The Morgan fingerprint density at radius 2 is 1.81 bits per heavy atom. The molecule has 0 bridgehead atoms. The molecule has 0 radical (unpaired) electrons. The highest BCUT2D eigenvalue weighted by molar-refractivity contribution is 5.83. The lowest BCUT2D eigenvalue weighted by atomic mass is 9.78. The van der Waals surface area contributed by atoms with Crippen LogP contribution in [0.3, 0.4) is 0 Å². The highest BCUT2D eigenvalue weighted by Gasteiger charge is 2.58. The molecular weight excluding hydrogens is 390 g/mol. The van der Waals surface area contributed by atoms with Crippen molar-refractivity contribution in [2.45, 2.75) is 56.9 Å². The molecule has 1 saturated heterocycles. The minimum atomic E-state index is 0.0769. The van der Waals surface area contributed by atoms with E-state index in [1.165, 1.54) is 24.7 Å². The van der Waals surface area contributed by atoms with Crippen molar-refractivity contribution < 1.29 is 9.59 Å². The summed E-state index contributed by atoms with van der Waals surface area (Å²) < 4.78 is 1.56. The summed E-state index contributed by atoms with van der Waals surface area (Å²) in [6.45, 7) is 2.43. The van der Waals surface area contributed by atoms with Gasteiger partial charge in [-0.1, -0.05) is 43.2 Å². The second kappa shape index (κ2) is 8.09. The molecule has 1 aromatic carbocycles. The van der Waals surface area contributed by atoms with E-state index in [1.807, 2.05) is 4.90 Å². The summed E-state index contributed by atoms with van der Waals surface area (Å²) >= 11 is 0. The minimum absolute atomic E-state index is 0.0769. The maximum absolute atomic E-state index is 13.0. The topological polar surface area (TPSA) is 80.1 Å². The zero-order valence-electron chi connectivity index (χ0n) is 18.0. The third-order valence-corrected chi connectivity index (χ3v) is 7.93. The number of likely N-dealkylation sites (tertiary alicyclic amines) is 1. The molecule has 1 aliphatic heterocycles. The first-order valence-corrected chi connectivity index (χ1v) is 11.5. The number of hydrogen-bond donors (Lipinski definition) is 1. The smallest absolute Gasteiger partial charge is 0.244 e. The number of rotatable bonds is 6. The Balaban J connectivity index is 1.13. The zero-order valence-corrected chi connectivity index (χ0v) is 18.0. The van der Waals surface area contributed by atoms with Crippen LogP contribution < -0.4 is 5.32 Å². The van der Waals surface area contributed by atoms with E-state index in [0.717, 1.165) is 51.7 Å². The minimum Gasteiger partial charge on any atom is -0.355 e. The first-order chi connectivity index (χ1) is 15.1. The third kappa shape index (κ3) is 3.98. The maximum Gasteiger partial charge on any atom is 0.244 e. The summed E-state index contributed by atoms with van der Waals surface area (Å²) in [6, 6.07) is 10.7. The SMILES string of the molecule is O=C(NCC1(c2ccccc2)CCCC1)C1CC12CCN(C(=O)Cn1cncn1)CC2. The number of nitrogens with one attached hydrogen (secondary N) is 1. The van der Waals surface area contributed by atoms with Crippen molar-refractivity contribution >= 4 is 11.8 Å². The van der Waals surface area contributed by atoms with Gasteiger partial charge in [0.25, 0.3) is 0 Å². The van der Waals surface area contributed by atoms with Crippen LogP contribution in [0, 0.1) is 11.3 Å². The molecule has 1 spiro atoms. The summed E-state index contributed by atoms with van der Waals surface area (Å²) in [7, 11) is 0. The van der Waals surface area contributed by atoms with Gasteiger partial charge in [0.15, 0.2) is 0 Å². The molecule has 2 heterocycles. The number of benzene rings is 1. The number of aromatic nitrogens is 3. The molecule has 2 aromatic rings. The Labute approximate surface area is 183 Å². The largest absolute Gasteiger partial charge is 0.355 e. The normalized spacial score (nSPS) is 23.6. The summed E-state index contributed by atoms with van der Waals surface area (Å²) in [5.41, 5.74) is 1.55. The fraction of sp³-hybridized carbons (Fsp3) is 0.583. The second-order valence-electron chi connectivity index (χ2n) is 9.66. The quantitative estimate of drug-likeness (QED) is 0.777. The fourth-order valence-corrected chi connectivity index (χ4v) is 5.82. The number of amides is 2. The van der Waals surface area contributed by atoms with Crippen molar-refractivity contribution in [2.75, 3.05) is 19.6 Å². The van der Waals surface area contributed by atoms with Crippen LogP contribution in [0.25, 0.3) is 0 Å². The number of nitrogens with zero attached hydrogens (tertiary/aromatic N) is 4. The standard InChI is InChI=1S/C24H31N5O2/c30-21(15-29-18-25-17-27-29)28-12-10-23(11-13-28)14-20(23)22(31)26-16-24(8-4-5-9-24)19-6-2-1-3-7-19/h1-3,6-7,17-18,20H,4-5,8-16H2,(H,26,31). The number of carbonyl (C=O) groups excluding carboxylic acids is 2. The Bertz CT molecular complexity index is 913. The van der Waals surface area contributed by atoms with Crippen molar-refractivity contribution in [3.05, 3.63) is 48.5 Å². The van der Waals surface area contributed by atoms with Gasteiger partial charge in [-0.2, -0.15) is 5.10 Å². The zero-order chi connectivity index (χ0) is 21.3. The predicted molar refractivity (Wildman–Crippen MR) is 116 cm³/mol. The van der Waals surface area contributed by atoms with E-state index < -0.39 is 0 Å². The molecule has 7 heteroatoms. The van der Waals surface area contributed by atoms with Gasteiger partial charge in [-0.25, -0.2) is 9.67 Å². The van der Waals surface area contributed by atoms with Crippen LogP contribution in [0.2, 0.25) is 0 Å². The van der Waals surface area contributed by atoms with Crippen LogP contribution in [-0.4, -0.2) is 51.1 Å². The van der Waals surface area contributed by atoms with Crippen molar-refractivity contribution in [1.82, 2.24) is 25.0 Å². The van der Waals surface area contributed by atoms with Gasteiger partial charge in [-0.05, 0) is 43.1 Å². The Hall–Kier alpha value is -2.70. The average molecular weight is 422 g/mol. The average Bonchev–Trinajstić information content (AvgIpc) is 3.18. The lowest BCUT2D eigenvalue weighted by Gasteiger charge is -2.33. The highest BCUT2D eigenvalue weighted by Crippen LogP contribution is 2.59. The monoisotopic (exact) mass is 421 g/mol. The van der Waals surface area contributed by atoms with E-state index in [-0.39, 0.29) is 35.1 Å². The molecule has 1 aromatic heterocycles. The molecule has 2 saturated carbocycles. The first kappa shape index (κ1) is 20.2. The molecule has 2 amide bonds. The van der Waals surface area contributed by atoms with Gasteiger partial charge >= 0.3 is 0 Å². The summed E-state index contributed by atoms with van der Waals surface area (Å²) in [4.78, 5) is 31.3. The molecule has 31 heavy (non-hydrogen) atoms. The fourth-order valence-electron chi connectivity index (χ4n) is 5.82. The van der Waals surface area contributed by atoms with Gasteiger partial charge in [0.2, 0.25) is 11.8 Å². The molecular formula is C24H31N5O2. The number of carbonyl (C=O) groups is 2. The molecule has 3 aliphatic rings. The van der Waals surface area contributed by atoms with Crippen LogP contribution in [0.4, 0.5) is 0 Å². The number of hydrogen-bond acceptors (Lipinski definition) is 4. The first-order valence-electron chi connectivity index (χ1n) is 11.5. The number of piperidine rings is 1. The van der Waals surface area contributed by atoms with Crippen LogP contribution in [0.1, 0.15) is 50.5 Å². The summed E-state index contributed by atoms with van der Waals surface area (Å²) in [5, 5.41) is 7.34. The third-order valence-electron chi connectivity index (χ3n) is 7.93. The molecule has 1 atom stereocenters. The van der Waals surface area contributed by atoms with Crippen molar-refractivity contribution in [3.63, 3.8) is 0 Å². The van der Waals surface area contributed by atoms with E-state index >= 15 is 0 Å². The Morgan fingerprint density at radius 1 is 1.06 bits per heavy atom. The lowest BCUT2D eigenvalue weighted by molar-refractivity contribution is -0.133. The van der Waals surface area contributed by atoms with Crippen LogP contribution in [0.5, 0.6) is 0 Å².